The Labute approximate surface area is 132 Å². The molecule has 116 valence electrons. The molecule has 1 N–H and O–H groups in total. The predicted octanol–water partition coefficient (Wildman–Crippen LogP) is 3.39. The van der Waals surface area contributed by atoms with Gasteiger partial charge in [0.1, 0.15) is 10.8 Å². The van der Waals surface area contributed by atoms with Gasteiger partial charge in [-0.05, 0) is 43.5 Å². The molecule has 0 aliphatic heterocycles. The fourth-order valence-electron chi connectivity index (χ4n) is 2.50. The van der Waals surface area contributed by atoms with Gasteiger partial charge in [0.15, 0.2) is 0 Å². The van der Waals surface area contributed by atoms with E-state index in [1.807, 2.05) is 0 Å². The van der Waals surface area contributed by atoms with E-state index in [0.29, 0.717) is 6.42 Å². The van der Waals surface area contributed by atoms with E-state index in [2.05, 4.69) is 16.3 Å². The minimum atomic E-state index is -3.49. The molecule has 0 saturated carbocycles. The van der Waals surface area contributed by atoms with Crippen LogP contribution in [0.4, 0.5) is 4.39 Å². The Hall–Kier alpha value is -1.57. The Morgan fingerprint density at radius 1 is 1.36 bits per heavy atom. The van der Waals surface area contributed by atoms with Gasteiger partial charge in [0.25, 0.3) is 0 Å². The summed E-state index contributed by atoms with van der Waals surface area (Å²) in [6, 6.07) is 5.84. The van der Waals surface area contributed by atoms with Gasteiger partial charge < -0.3 is 0 Å². The Balaban J connectivity index is 1.94. The van der Waals surface area contributed by atoms with Crippen molar-refractivity contribution in [3.8, 4) is 10.6 Å². The highest BCUT2D eigenvalue weighted by atomic mass is 32.2. The summed E-state index contributed by atoms with van der Waals surface area (Å²) in [5.74, 6) is -0.290. The number of hydrogen-bond acceptors (Lipinski definition) is 4. The van der Waals surface area contributed by atoms with Gasteiger partial charge in [0.2, 0.25) is 10.0 Å². The molecule has 0 saturated heterocycles. The summed E-state index contributed by atoms with van der Waals surface area (Å²) in [7, 11) is -3.49. The number of nitrogens with zero attached hydrogens (tertiary/aromatic N) is 1. The highest BCUT2D eigenvalue weighted by Crippen LogP contribution is 2.37. The Morgan fingerprint density at radius 2 is 2.09 bits per heavy atom. The van der Waals surface area contributed by atoms with E-state index in [4.69, 9.17) is 0 Å². The lowest BCUT2D eigenvalue weighted by atomic mass is 9.98. The molecule has 4 nitrogen and oxygen atoms in total. The second-order valence-corrected chi connectivity index (χ2v) is 7.85. The number of aromatic nitrogens is 1. The fourth-order valence-corrected chi connectivity index (χ4v) is 4.39. The van der Waals surface area contributed by atoms with Gasteiger partial charge >= 0.3 is 0 Å². The average molecular weight is 338 g/mol. The third-order valence-electron chi connectivity index (χ3n) is 3.57. The van der Waals surface area contributed by atoms with Crippen LogP contribution in [-0.2, 0) is 16.4 Å². The van der Waals surface area contributed by atoms with Crippen molar-refractivity contribution >= 4 is 21.4 Å². The SMILES string of the molecule is C=CS(=O)(=O)NC1CCCc2sc(-c3ccc(F)cc3)nc21. The first-order chi connectivity index (χ1) is 10.5. The summed E-state index contributed by atoms with van der Waals surface area (Å²) in [6.45, 7) is 3.31. The quantitative estimate of drug-likeness (QED) is 0.929. The minimum absolute atomic E-state index is 0.290. The van der Waals surface area contributed by atoms with Crippen LogP contribution in [0.1, 0.15) is 29.5 Å². The largest absolute Gasteiger partial charge is 0.239 e. The van der Waals surface area contributed by atoms with Crippen molar-refractivity contribution in [3.63, 3.8) is 0 Å². The maximum absolute atomic E-state index is 13.0. The van der Waals surface area contributed by atoms with Gasteiger partial charge in [0.05, 0.1) is 11.7 Å². The molecule has 0 spiro atoms. The summed E-state index contributed by atoms with van der Waals surface area (Å²) < 4.78 is 39.0. The molecular formula is C15H15FN2O2S2. The molecule has 1 atom stereocenters. The number of sulfonamides is 1. The van der Waals surface area contributed by atoms with Crippen LogP contribution in [0.25, 0.3) is 10.6 Å². The molecule has 0 amide bonds. The number of halogens is 1. The summed E-state index contributed by atoms with van der Waals surface area (Å²) >= 11 is 1.54. The van der Waals surface area contributed by atoms with Crippen LogP contribution in [0.5, 0.6) is 0 Å². The first-order valence-electron chi connectivity index (χ1n) is 6.89. The van der Waals surface area contributed by atoms with E-state index in [-0.39, 0.29) is 11.9 Å². The van der Waals surface area contributed by atoms with Crippen molar-refractivity contribution in [1.29, 1.82) is 0 Å². The third-order valence-corrected chi connectivity index (χ3v) is 5.80. The number of rotatable bonds is 4. The Kier molecular flexibility index (Phi) is 4.12. The van der Waals surface area contributed by atoms with Crippen LogP contribution in [0.3, 0.4) is 0 Å². The highest BCUT2D eigenvalue weighted by molar-refractivity contribution is 7.92. The Morgan fingerprint density at radius 3 is 2.77 bits per heavy atom. The van der Waals surface area contributed by atoms with E-state index in [9.17, 15) is 12.8 Å². The second-order valence-electron chi connectivity index (χ2n) is 5.11. The summed E-state index contributed by atoms with van der Waals surface area (Å²) in [4.78, 5) is 5.67. The normalized spacial score (nSPS) is 18.0. The monoisotopic (exact) mass is 338 g/mol. The molecule has 3 rings (SSSR count). The van der Waals surface area contributed by atoms with Crippen LogP contribution < -0.4 is 4.72 Å². The molecule has 1 heterocycles. The van der Waals surface area contributed by atoms with Crippen LogP contribution in [0.15, 0.2) is 36.3 Å². The highest BCUT2D eigenvalue weighted by Gasteiger charge is 2.27. The standard InChI is InChI=1S/C15H15FN2O2S2/c1-2-22(19,20)18-12-4-3-5-13-14(12)17-15(21-13)10-6-8-11(16)9-7-10/h2,6-9,12,18H,1,3-5H2. The van der Waals surface area contributed by atoms with E-state index >= 15 is 0 Å². The van der Waals surface area contributed by atoms with E-state index in [0.717, 1.165) is 39.4 Å². The summed E-state index contributed by atoms with van der Waals surface area (Å²) in [5.41, 5.74) is 1.62. The zero-order chi connectivity index (χ0) is 15.7. The van der Waals surface area contributed by atoms with E-state index < -0.39 is 10.0 Å². The molecule has 2 aromatic rings. The fraction of sp³-hybridized carbons (Fsp3) is 0.267. The van der Waals surface area contributed by atoms with Crippen molar-refractivity contribution in [2.45, 2.75) is 25.3 Å². The van der Waals surface area contributed by atoms with Crippen LogP contribution in [-0.4, -0.2) is 13.4 Å². The van der Waals surface area contributed by atoms with Crippen molar-refractivity contribution in [3.05, 3.63) is 52.6 Å². The topological polar surface area (TPSA) is 59.1 Å². The zero-order valence-electron chi connectivity index (χ0n) is 11.8. The van der Waals surface area contributed by atoms with Gasteiger partial charge in [-0.2, -0.15) is 0 Å². The molecule has 1 aromatic carbocycles. The maximum Gasteiger partial charge on any atom is 0.233 e. The van der Waals surface area contributed by atoms with Crippen LogP contribution in [0, 0.1) is 5.82 Å². The second kappa shape index (κ2) is 5.91. The number of nitrogens with one attached hydrogen (secondary N) is 1. The molecule has 7 heteroatoms. The van der Waals surface area contributed by atoms with Gasteiger partial charge in [-0.3, -0.25) is 0 Å². The molecule has 1 unspecified atom stereocenters. The first-order valence-corrected chi connectivity index (χ1v) is 9.25. The molecule has 22 heavy (non-hydrogen) atoms. The van der Waals surface area contributed by atoms with Crippen LogP contribution >= 0.6 is 11.3 Å². The van der Waals surface area contributed by atoms with Gasteiger partial charge in [-0.1, -0.05) is 6.58 Å². The number of aryl methyl sites for hydroxylation is 1. The van der Waals surface area contributed by atoms with Gasteiger partial charge in [-0.15, -0.1) is 11.3 Å². The van der Waals surface area contributed by atoms with Crippen LogP contribution in [0.2, 0.25) is 0 Å². The number of hydrogen-bond donors (Lipinski definition) is 1. The average Bonchev–Trinajstić information content (AvgIpc) is 2.93. The van der Waals surface area contributed by atoms with Crippen molar-refractivity contribution in [2.24, 2.45) is 0 Å². The molecule has 0 fully saturated rings. The lowest BCUT2D eigenvalue weighted by Crippen LogP contribution is -2.29. The lowest BCUT2D eigenvalue weighted by Gasteiger charge is -2.21. The van der Waals surface area contributed by atoms with Gasteiger partial charge in [-0.25, -0.2) is 22.5 Å². The summed E-state index contributed by atoms with van der Waals surface area (Å²) in [5, 5.41) is 1.70. The first kappa shape index (κ1) is 15.3. The maximum atomic E-state index is 13.0. The zero-order valence-corrected chi connectivity index (χ0v) is 13.4. The molecule has 1 aliphatic carbocycles. The smallest absolute Gasteiger partial charge is 0.233 e. The van der Waals surface area contributed by atoms with Gasteiger partial charge in [0, 0.05) is 15.8 Å². The lowest BCUT2D eigenvalue weighted by molar-refractivity contribution is 0.507. The minimum Gasteiger partial charge on any atom is -0.239 e. The van der Waals surface area contributed by atoms with Crippen molar-refractivity contribution < 1.29 is 12.8 Å². The van der Waals surface area contributed by atoms with E-state index in [1.54, 1.807) is 12.1 Å². The molecular weight excluding hydrogens is 323 g/mol. The molecule has 0 bridgehead atoms. The molecule has 0 radical (unpaired) electrons. The number of benzene rings is 1. The predicted molar refractivity (Wildman–Crippen MR) is 85.4 cm³/mol. The third kappa shape index (κ3) is 3.11. The number of thiazole rings is 1. The molecule has 1 aliphatic rings. The number of fused-ring (bicyclic) bond motifs is 1. The molecule has 1 aromatic heterocycles. The summed E-state index contributed by atoms with van der Waals surface area (Å²) in [6.07, 6.45) is 2.51. The van der Waals surface area contributed by atoms with E-state index in [1.165, 1.54) is 23.5 Å². The Bertz CT molecular complexity index is 797. The van der Waals surface area contributed by atoms with Crippen molar-refractivity contribution in [2.75, 3.05) is 0 Å². The van der Waals surface area contributed by atoms with Crippen molar-refractivity contribution in [1.82, 2.24) is 9.71 Å².